The largest absolute Gasteiger partial charge is 0.481 e. The van der Waals surface area contributed by atoms with E-state index in [2.05, 4.69) is 5.32 Å². The molecule has 1 unspecified atom stereocenters. The van der Waals surface area contributed by atoms with Gasteiger partial charge < -0.3 is 15.3 Å². The van der Waals surface area contributed by atoms with E-state index in [-0.39, 0.29) is 25.0 Å². The maximum Gasteiger partial charge on any atom is 0.317 e. The van der Waals surface area contributed by atoms with Gasteiger partial charge in [-0.25, -0.2) is 4.79 Å². The van der Waals surface area contributed by atoms with E-state index < -0.39 is 5.97 Å². The summed E-state index contributed by atoms with van der Waals surface area (Å²) in [7, 11) is 1.60. The third-order valence-electron chi connectivity index (χ3n) is 3.01. The average molecular weight is 280 g/mol. The van der Waals surface area contributed by atoms with Crippen LogP contribution in [0.5, 0.6) is 0 Å². The van der Waals surface area contributed by atoms with Gasteiger partial charge in [0.05, 0.1) is 12.5 Å². The number of carbonyl (C=O) groups excluding carboxylic acids is 1. The predicted molar refractivity (Wildman–Crippen MR) is 73.3 cm³/mol. The number of rotatable bonds is 4. The minimum atomic E-state index is -0.901. The standard InChI is InChI=1S/C13H16N2O3S/c1-15(7-6-12(16)17)13(18)14-10-8-19-11-5-3-2-4-9(10)11/h2-5,10H,6-8H2,1H3,(H,14,18)(H,16,17). The molecular weight excluding hydrogens is 264 g/mol. The van der Waals surface area contributed by atoms with Gasteiger partial charge in [0.2, 0.25) is 0 Å². The van der Waals surface area contributed by atoms with Gasteiger partial charge in [0.15, 0.2) is 0 Å². The summed E-state index contributed by atoms with van der Waals surface area (Å²) in [4.78, 5) is 25.0. The molecule has 19 heavy (non-hydrogen) atoms. The highest BCUT2D eigenvalue weighted by atomic mass is 32.2. The van der Waals surface area contributed by atoms with Gasteiger partial charge in [-0.1, -0.05) is 18.2 Å². The number of carboxylic acid groups (broad SMARTS) is 1. The number of nitrogens with one attached hydrogen (secondary N) is 1. The molecule has 2 rings (SSSR count). The fraction of sp³-hybridized carbons (Fsp3) is 0.385. The molecule has 1 heterocycles. The quantitative estimate of drug-likeness (QED) is 0.884. The molecule has 0 spiro atoms. The van der Waals surface area contributed by atoms with Gasteiger partial charge >= 0.3 is 12.0 Å². The Balaban J connectivity index is 1.92. The smallest absolute Gasteiger partial charge is 0.317 e. The van der Waals surface area contributed by atoms with Crippen molar-refractivity contribution in [2.75, 3.05) is 19.3 Å². The second-order valence-electron chi connectivity index (χ2n) is 4.42. The van der Waals surface area contributed by atoms with Gasteiger partial charge in [0.25, 0.3) is 0 Å². The highest BCUT2D eigenvalue weighted by molar-refractivity contribution is 7.99. The lowest BCUT2D eigenvalue weighted by Crippen LogP contribution is -2.40. The molecular formula is C13H16N2O3S. The Morgan fingerprint density at radius 3 is 2.95 bits per heavy atom. The minimum Gasteiger partial charge on any atom is -0.481 e. The molecule has 1 atom stereocenters. The normalized spacial score (nSPS) is 16.8. The van der Waals surface area contributed by atoms with Crippen LogP contribution in [0.3, 0.4) is 0 Å². The number of nitrogens with zero attached hydrogens (tertiary/aromatic N) is 1. The number of hydrogen-bond acceptors (Lipinski definition) is 3. The van der Waals surface area contributed by atoms with Crippen LogP contribution in [-0.2, 0) is 4.79 Å². The molecule has 0 saturated carbocycles. The zero-order valence-electron chi connectivity index (χ0n) is 10.6. The van der Waals surface area contributed by atoms with Crippen LogP contribution in [0.25, 0.3) is 0 Å². The van der Waals surface area contributed by atoms with Crippen LogP contribution in [0.4, 0.5) is 4.79 Å². The maximum absolute atomic E-state index is 11.9. The lowest BCUT2D eigenvalue weighted by molar-refractivity contribution is -0.137. The van der Waals surface area contributed by atoms with E-state index in [4.69, 9.17) is 5.11 Å². The molecule has 1 aliphatic heterocycles. The average Bonchev–Trinajstić information content (AvgIpc) is 2.79. The Labute approximate surface area is 116 Å². The zero-order valence-corrected chi connectivity index (χ0v) is 11.4. The monoisotopic (exact) mass is 280 g/mol. The first-order chi connectivity index (χ1) is 9.08. The first kappa shape index (κ1) is 13.7. The van der Waals surface area contributed by atoms with Crippen LogP contribution < -0.4 is 5.32 Å². The van der Waals surface area contributed by atoms with Crippen LogP contribution in [-0.4, -0.2) is 41.4 Å². The molecule has 1 aromatic carbocycles. The Morgan fingerprint density at radius 2 is 2.21 bits per heavy atom. The summed E-state index contributed by atoms with van der Waals surface area (Å²) in [5, 5.41) is 11.5. The Bertz CT molecular complexity index is 493. The highest BCUT2D eigenvalue weighted by Crippen LogP contribution is 2.37. The molecule has 0 bridgehead atoms. The van der Waals surface area contributed by atoms with Crippen molar-refractivity contribution in [3.63, 3.8) is 0 Å². The highest BCUT2D eigenvalue weighted by Gasteiger charge is 2.25. The number of fused-ring (bicyclic) bond motifs is 1. The van der Waals surface area contributed by atoms with Crippen molar-refractivity contribution >= 4 is 23.8 Å². The van der Waals surface area contributed by atoms with Crippen LogP contribution in [0.2, 0.25) is 0 Å². The molecule has 0 aromatic heterocycles. The lowest BCUT2D eigenvalue weighted by Gasteiger charge is -2.20. The van der Waals surface area contributed by atoms with Crippen LogP contribution in [0.1, 0.15) is 18.0 Å². The van der Waals surface area contributed by atoms with Crippen molar-refractivity contribution < 1.29 is 14.7 Å². The summed E-state index contributed by atoms with van der Waals surface area (Å²) in [6.07, 6.45) is -0.0417. The number of thioether (sulfide) groups is 1. The summed E-state index contributed by atoms with van der Waals surface area (Å²) < 4.78 is 0. The number of aliphatic carboxylic acids is 1. The van der Waals surface area contributed by atoms with E-state index in [1.165, 1.54) is 9.80 Å². The second kappa shape index (κ2) is 5.97. The molecule has 0 radical (unpaired) electrons. The van der Waals surface area contributed by atoms with Crippen LogP contribution >= 0.6 is 11.8 Å². The summed E-state index contributed by atoms with van der Waals surface area (Å²) in [6, 6.07) is 7.76. The topological polar surface area (TPSA) is 69.6 Å². The van der Waals surface area contributed by atoms with Crippen molar-refractivity contribution in [2.45, 2.75) is 17.4 Å². The fourth-order valence-electron chi connectivity index (χ4n) is 1.91. The van der Waals surface area contributed by atoms with Gasteiger partial charge in [0, 0.05) is 24.2 Å². The van der Waals surface area contributed by atoms with Gasteiger partial charge in [-0.2, -0.15) is 0 Å². The molecule has 102 valence electrons. The molecule has 0 aliphatic carbocycles. The summed E-state index contributed by atoms with van der Waals surface area (Å²) in [5.74, 6) is -0.0841. The number of amides is 2. The maximum atomic E-state index is 11.9. The first-order valence-electron chi connectivity index (χ1n) is 6.03. The molecule has 2 amide bonds. The third-order valence-corrected chi connectivity index (χ3v) is 4.19. The van der Waals surface area contributed by atoms with E-state index in [0.29, 0.717) is 0 Å². The molecule has 0 fully saturated rings. The van der Waals surface area contributed by atoms with Crippen molar-refractivity contribution in [3.05, 3.63) is 29.8 Å². The van der Waals surface area contributed by atoms with Gasteiger partial charge in [0.1, 0.15) is 0 Å². The minimum absolute atomic E-state index is 0.000906. The van der Waals surface area contributed by atoms with E-state index >= 15 is 0 Å². The van der Waals surface area contributed by atoms with Crippen molar-refractivity contribution in [1.29, 1.82) is 0 Å². The molecule has 6 heteroatoms. The number of benzene rings is 1. The van der Waals surface area contributed by atoms with E-state index in [0.717, 1.165) is 11.3 Å². The number of carbonyl (C=O) groups is 2. The van der Waals surface area contributed by atoms with E-state index in [1.807, 2.05) is 24.3 Å². The van der Waals surface area contributed by atoms with E-state index in [1.54, 1.807) is 18.8 Å². The second-order valence-corrected chi connectivity index (χ2v) is 5.48. The third kappa shape index (κ3) is 3.41. The fourth-order valence-corrected chi connectivity index (χ4v) is 3.07. The van der Waals surface area contributed by atoms with Gasteiger partial charge in [-0.05, 0) is 11.6 Å². The molecule has 0 saturated heterocycles. The summed E-state index contributed by atoms with van der Waals surface area (Å²) in [5.41, 5.74) is 1.13. The van der Waals surface area contributed by atoms with Crippen molar-refractivity contribution in [2.24, 2.45) is 0 Å². The van der Waals surface area contributed by atoms with Crippen molar-refractivity contribution in [3.8, 4) is 0 Å². The molecule has 1 aliphatic rings. The Hall–Kier alpha value is -1.69. The predicted octanol–water partition coefficient (Wildman–Crippen LogP) is 1.95. The number of carboxylic acids is 1. The summed E-state index contributed by atoms with van der Waals surface area (Å²) >= 11 is 1.72. The Morgan fingerprint density at radius 1 is 1.47 bits per heavy atom. The molecule has 2 N–H and O–H groups in total. The van der Waals surface area contributed by atoms with E-state index in [9.17, 15) is 9.59 Å². The molecule has 5 nitrogen and oxygen atoms in total. The zero-order chi connectivity index (χ0) is 13.8. The number of hydrogen-bond donors (Lipinski definition) is 2. The van der Waals surface area contributed by atoms with Crippen LogP contribution in [0.15, 0.2) is 29.2 Å². The Kier molecular flexibility index (Phi) is 4.31. The SMILES string of the molecule is CN(CCC(=O)O)C(=O)NC1CSc2ccccc21. The lowest BCUT2D eigenvalue weighted by atomic mass is 10.1. The van der Waals surface area contributed by atoms with Crippen molar-refractivity contribution in [1.82, 2.24) is 10.2 Å². The molecule has 1 aromatic rings. The number of urea groups is 1. The summed E-state index contributed by atoms with van der Waals surface area (Å²) in [6.45, 7) is 0.211. The van der Waals surface area contributed by atoms with Crippen LogP contribution in [0, 0.1) is 0 Å². The first-order valence-corrected chi connectivity index (χ1v) is 7.01. The van der Waals surface area contributed by atoms with Gasteiger partial charge in [-0.3, -0.25) is 4.79 Å². The van der Waals surface area contributed by atoms with Gasteiger partial charge in [-0.15, -0.1) is 11.8 Å².